The minimum atomic E-state index is 0.537. The van der Waals surface area contributed by atoms with E-state index in [1.807, 2.05) is 13.1 Å². The molecule has 0 spiro atoms. The van der Waals surface area contributed by atoms with E-state index in [1.165, 1.54) is 17.7 Å². The first-order valence-electron chi connectivity index (χ1n) is 5.41. The summed E-state index contributed by atoms with van der Waals surface area (Å²) in [6.07, 6.45) is 2.35. The van der Waals surface area contributed by atoms with E-state index in [9.17, 15) is 0 Å². The van der Waals surface area contributed by atoms with E-state index in [0.29, 0.717) is 6.04 Å². The van der Waals surface area contributed by atoms with Crippen molar-refractivity contribution >= 4 is 5.69 Å². The van der Waals surface area contributed by atoms with Crippen LogP contribution in [-0.4, -0.2) is 26.7 Å². The number of hydrogen-bond donors (Lipinski definition) is 2. The van der Waals surface area contributed by atoms with E-state index >= 15 is 0 Å². The van der Waals surface area contributed by atoms with Gasteiger partial charge in [-0.25, -0.2) is 0 Å². The number of likely N-dealkylation sites (N-methyl/N-ethyl adjacent to an activating group) is 1. The molecule has 0 saturated heterocycles. The fraction of sp³-hybridized carbons (Fsp3) is 0.500. The van der Waals surface area contributed by atoms with Gasteiger partial charge in [-0.05, 0) is 31.5 Å². The Morgan fingerprint density at radius 1 is 1.53 bits per heavy atom. The van der Waals surface area contributed by atoms with Gasteiger partial charge >= 0.3 is 0 Å². The number of anilines is 1. The molecule has 15 heavy (non-hydrogen) atoms. The van der Waals surface area contributed by atoms with Gasteiger partial charge in [-0.15, -0.1) is 0 Å². The van der Waals surface area contributed by atoms with Crippen LogP contribution >= 0.6 is 0 Å². The molecule has 3 heteroatoms. The molecule has 1 aliphatic rings. The molecule has 0 radical (unpaired) electrons. The molecule has 82 valence electrons. The summed E-state index contributed by atoms with van der Waals surface area (Å²) in [6.45, 7) is 1.01. The van der Waals surface area contributed by atoms with Crippen molar-refractivity contribution in [2.75, 3.05) is 26.0 Å². The highest BCUT2D eigenvalue weighted by Crippen LogP contribution is 2.28. The molecule has 0 amide bonds. The zero-order chi connectivity index (χ0) is 10.7. The number of methoxy groups -OCH3 is 1. The average molecular weight is 206 g/mol. The Morgan fingerprint density at radius 3 is 3.13 bits per heavy atom. The second-order valence-corrected chi connectivity index (χ2v) is 3.96. The molecule has 2 rings (SSSR count). The largest absolute Gasteiger partial charge is 0.497 e. The van der Waals surface area contributed by atoms with Gasteiger partial charge in [0.05, 0.1) is 7.11 Å². The minimum Gasteiger partial charge on any atom is -0.497 e. The van der Waals surface area contributed by atoms with Crippen LogP contribution in [0.4, 0.5) is 5.69 Å². The number of benzene rings is 1. The number of hydrogen-bond acceptors (Lipinski definition) is 3. The second-order valence-electron chi connectivity index (χ2n) is 3.96. The van der Waals surface area contributed by atoms with Gasteiger partial charge in [0.25, 0.3) is 0 Å². The van der Waals surface area contributed by atoms with Crippen molar-refractivity contribution in [1.29, 1.82) is 0 Å². The van der Waals surface area contributed by atoms with Gasteiger partial charge in [0.15, 0.2) is 0 Å². The van der Waals surface area contributed by atoms with Gasteiger partial charge in [-0.3, -0.25) is 0 Å². The standard InChI is InChI=1S/C12H18N2O/c1-13-8-10-5-3-9-4-6-11(15-2)7-12(9)14-10/h4,6-7,10,13-14H,3,5,8H2,1-2H3. The van der Waals surface area contributed by atoms with E-state index in [1.54, 1.807) is 7.11 Å². The summed E-state index contributed by atoms with van der Waals surface area (Å²) < 4.78 is 5.22. The third-order valence-corrected chi connectivity index (χ3v) is 2.89. The molecule has 0 aliphatic carbocycles. The SMILES string of the molecule is CNCC1CCc2ccc(OC)cc2N1. The molecule has 0 fully saturated rings. The molecule has 1 aromatic carbocycles. The summed E-state index contributed by atoms with van der Waals surface area (Å²) in [7, 11) is 3.69. The molecular weight excluding hydrogens is 188 g/mol. The highest BCUT2D eigenvalue weighted by molar-refractivity contribution is 5.57. The Labute approximate surface area is 90.8 Å². The molecule has 1 unspecified atom stereocenters. The van der Waals surface area contributed by atoms with Gasteiger partial charge in [-0.1, -0.05) is 6.07 Å². The van der Waals surface area contributed by atoms with Crippen LogP contribution in [0.5, 0.6) is 5.75 Å². The maximum absolute atomic E-state index is 5.22. The smallest absolute Gasteiger partial charge is 0.120 e. The van der Waals surface area contributed by atoms with Gasteiger partial charge in [-0.2, -0.15) is 0 Å². The number of ether oxygens (including phenoxy) is 1. The third-order valence-electron chi connectivity index (χ3n) is 2.89. The van der Waals surface area contributed by atoms with Gasteiger partial charge in [0.2, 0.25) is 0 Å². The zero-order valence-electron chi connectivity index (χ0n) is 9.34. The molecule has 0 bridgehead atoms. The van der Waals surface area contributed by atoms with E-state index in [0.717, 1.165) is 18.7 Å². The lowest BCUT2D eigenvalue weighted by Gasteiger charge is -2.27. The number of rotatable bonds is 3. The first-order valence-corrected chi connectivity index (χ1v) is 5.41. The van der Waals surface area contributed by atoms with Crippen LogP contribution in [0.25, 0.3) is 0 Å². The summed E-state index contributed by atoms with van der Waals surface area (Å²) in [5.74, 6) is 0.923. The summed E-state index contributed by atoms with van der Waals surface area (Å²) in [5, 5.41) is 6.73. The van der Waals surface area contributed by atoms with Crippen molar-refractivity contribution in [3.05, 3.63) is 23.8 Å². The summed E-state index contributed by atoms with van der Waals surface area (Å²) in [6, 6.07) is 6.79. The van der Waals surface area contributed by atoms with Crippen molar-refractivity contribution in [3.63, 3.8) is 0 Å². The quantitative estimate of drug-likeness (QED) is 0.789. The molecule has 1 heterocycles. The van der Waals surface area contributed by atoms with Crippen LogP contribution in [0.3, 0.4) is 0 Å². The lowest BCUT2D eigenvalue weighted by Crippen LogP contribution is -2.34. The molecule has 0 aromatic heterocycles. The van der Waals surface area contributed by atoms with Crippen molar-refractivity contribution in [2.45, 2.75) is 18.9 Å². The third kappa shape index (κ3) is 2.23. The maximum atomic E-state index is 5.22. The lowest BCUT2D eigenvalue weighted by atomic mass is 9.98. The van der Waals surface area contributed by atoms with E-state index < -0.39 is 0 Å². The molecule has 3 nitrogen and oxygen atoms in total. The fourth-order valence-electron chi connectivity index (χ4n) is 2.06. The molecular formula is C12H18N2O. The second kappa shape index (κ2) is 4.53. The van der Waals surface area contributed by atoms with Crippen LogP contribution in [0, 0.1) is 0 Å². The number of fused-ring (bicyclic) bond motifs is 1. The molecule has 1 aliphatic heterocycles. The fourth-order valence-corrected chi connectivity index (χ4v) is 2.06. The topological polar surface area (TPSA) is 33.3 Å². The first-order chi connectivity index (χ1) is 7.33. The Balaban J connectivity index is 2.16. The van der Waals surface area contributed by atoms with E-state index in [-0.39, 0.29) is 0 Å². The highest BCUT2D eigenvalue weighted by Gasteiger charge is 2.16. The van der Waals surface area contributed by atoms with Gasteiger partial charge < -0.3 is 15.4 Å². The van der Waals surface area contributed by atoms with Gasteiger partial charge in [0, 0.05) is 24.3 Å². The lowest BCUT2D eigenvalue weighted by molar-refractivity contribution is 0.414. The molecule has 2 N–H and O–H groups in total. The van der Waals surface area contributed by atoms with E-state index in [2.05, 4.69) is 22.8 Å². The summed E-state index contributed by atoms with van der Waals surface area (Å²) in [5.41, 5.74) is 2.61. The van der Waals surface area contributed by atoms with Crippen LogP contribution in [0.1, 0.15) is 12.0 Å². The highest BCUT2D eigenvalue weighted by atomic mass is 16.5. The van der Waals surface area contributed by atoms with Crippen LogP contribution in [-0.2, 0) is 6.42 Å². The monoisotopic (exact) mass is 206 g/mol. The Bertz CT molecular complexity index is 338. The molecule has 1 atom stereocenters. The van der Waals surface area contributed by atoms with E-state index in [4.69, 9.17) is 4.74 Å². The Kier molecular flexibility index (Phi) is 3.11. The number of nitrogens with one attached hydrogen (secondary N) is 2. The maximum Gasteiger partial charge on any atom is 0.120 e. The van der Waals surface area contributed by atoms with Crippen molar-refractivity contribution < 1.29 is 4.74 Å². The van der Waals surface area contributed by atoms with Crippen molar-refractivity contribution in [2.24, 2.45) is 0 Å². The van der Waals surface area contributed by atoms with Crippen LogP contribution in [0.15, 0.2) is 18.2 Å². The van der Waals surface area contributed by atoms with Crippen LogP contribution in [0.2, 0.25) is 0 Å². The molecule has 0 saturated carbocycles. The van der Waals surface area contributed by atoms with Crippen molar-refractivity contribution in [3.8, 4) is 5.75 Å². The zero-order valence-corrected chi connectivity index (χ0v) is 9.34. The minimum absolute atomic E-state index is 0.537. The summed E-state index contributed by atoms with van der Waals surface area (Å²) >= 11 is 0. The summed E-state index contributed by atoms with van der Waals surface area (Å²) in [4.78, 5) is 0. The predicted molar refractivity (Wildman–Crippen MR) is 62.7 cm³/mol. The number of aryl methyl sites for hydroxylation is 1. The molecule has 1 aromatic rings. The Morgan fingerprint density at radius 2 is 2.40 bits per heavy atom. The first kappa shape index (κ1) is 10.3. The van der Waals surface area contributed by atoms with Crippen molar-refractivity contribution in [1.82, 2.24) is 5.32 Å². The van der Waals surface area contributed by atoms with Crippen LogP contribution < -0.4 is 15.4 Å². The predicted octanol–water partition coefficient (Wildman–Crippen LogP) is 1.64. The Hall–Kier alpha value is -1.22. The normalized spacial score (nSPS) is 19.2. The van der Waals surface area contributed by atoms with Gasteiger partial charge in [0.1, 0.15) is 5.75 Å². The average Bonchev–Trinajstić information content (AvgIpc) is 2.28.